The first-order valence-electron chi connectivity index (χ1n) is 18.1. The van der Waals surface area contributed by atoms with Gasteiger partial charge in [0.05, 0.1) is 11.0 Å². The molecule has 0 radical (unpaired) electrons. The second-order valence-electron chi connectivity index (χ2n) is 10.6. The van der Waals surface area contributed by atoms with Crippen molar-refractivity contribution in [3.8, 4) is 33.4 Å². The molecule has 0 aliphatic rings. The zero-order chi connectivity index (χ0) is 35.3. The Kier molecular flexibility index (Phi) is 3.80. The summed E-state index contributed by atoms with van der Waals surface area (Å²) in [5.41, 5.74) is 4.98. The van der Waals surface area contributed by atoms with Crippen LogP contribution in [0.2, 0.25) is 0 Å². The number of furan rings is 1. The van der Waals surface area contributed by atoms with Crippen LogP contribution in [0, 0.1) is 0 Å². The SMILES string of the molecule is [2H]c1c([2H])c([2H])c2c(-c3cccc(-c4cccc5oc6c7ccccc7ccc6c45)c3)c3c([2H])c([2H])c([2H])c([2H])c3c(-c3ccccc3)c2c1[2H]. The van der Waals surface area contributed by atoms with Crippen LogP contribution < -0.4 is 0 Å². The largest absolute Gasteiger partial charge is 0.455 e. The predicted octanol–water partition coefficient (Wildman–Crippen LogP) is 12.0. The van der Waals surface area contributed by atoms with Crippen molar-refractivity contribution in [3.05, 3.63) is 158 Å². The standard InChI is InChI=1S/C42H26O/c1-2-13-28(14-3-1)39-33-18-6-8-20-35(33)40(36-21-9-7-19-34(36)39)30-16-10-15-29(26-30)31-22-11-23-38-41(31)37-25-24-27-12-4-5-17-32(27)42(37)43-38/h1-26H/i6D,7D,8D,9D,18D,19D,20D,21D. The normalized spacial score (nSPS) is 14.3. The van der Waals surface area contributed by atoms with Crippen LogP contribution in [-0.4, -0.2) is 0 Å². The fourth-order valence-corrected chi connectivity index (χ4v) is 6.44. The quantitative estimate of drug-likeness (QED) is 0.198. The molecule has 0 N–H and O–H groups in total. The maximum atomic E-state index is 9.24. The highest BCUT2D eigenvalue weighted by atomic mass is 16.3. The molecule has 0 aliphatic carbocycles. The summed E-state index contributed by atoms with van der Waals surface area (Å²) < 4.78 is 78.0. The van der Waals surface area contributed by atoms with Crippen molar-refractivity contribution >= 4 is 54.3 Å². The molecule has 9 aromatic rings. The highest BCUT2D eigenvalue weighted by Gasteiger charge is 2.18. The molecule has 9 rings (SSSR count). The number of hydrogen-bond acceptors (Lipinski definition) is 1. The first-order valence-corrected chi connectivity index (χ1v) is 14.1. The summed E-state index contributed by atoms with van der Waals surface area (Å²) in [4.78, 5) is 0. The molecular formula is C42H26O. The van der Waals surface area contributed by atoms with E-state index in [4.69, 9.17) is 12.6 Å². The fourth-order valence-electron chi connectivity index (χ4n) is 6.44. The number of hydrogen-bond donors (Lipinski definition) is 0. The minimum Gasteiger partial charge on any atom is -0.455 e. The van der Waals surface area contributed by atoms with Crippen LogP contribution >= 0.6 is 0 Å². The Morgan fingerprint density at radius 1 is 0.442 bits per heavy atom. The molecular weight excluding hydrogens is 520 g/mol. The molecule has 1 aromatic heterocycles. The van der Waals surface area contributed by atoms with E-state index in [0.717, 1.165) is 43.8 Å². The number of rotatable bonds is 3. The highest BCUT2D eigenvalue weighted by molar-refractivity contribution is 6.22. The van der Waals surface area contributed by atoms with Gasteiger partial charge in [-0.25, -0.2) is 0 Å². The van der Waals surface area contributed by atoms with Crippen LogP contribution in [0.4, 0.5) is 0 Å². The Bertz CT molecular complexity index is 2870. The summed E-state index contributed by atoms with van der Waals surface area (Å²) >= 11 is 0. The van der Waals surface area contributed by atoms with Gasteiger partial charge in [0.25, 0.3) is 0 Å². The van der Waals surface area contributed by atoms with Gasteiger partial charge in [0.1, 0.15) is 11.2 Å². The minimum atomic E-state index is -0.425. The summed E-state index contributed by atoms with van der Waals surface area (Å²) in [6.07, 6.45) is 0. The molecule has 1 nitrogen and oxygen atoms in total. The van der Waals surface area contributed by atoms with Crippen molar-refractivity contribution in [1.82, 2.24) is 0 Å². The maximum Gasteiger partial charge on any atom is 0.143 e. The molecule has 0 saturated heterocycles. The second kappa shape index (κ2) is 9.44. The lowest BCUT2D eigenvalue weighted by Gasteiger charge is -2.18. The second-order valence-corrected chi connectivity index (χ2v) is 10.6. The highest BCUT2D eigenvalue weighted by Crippen LogP contribution is 2.45. The van der Waals surface area contributed by atoms with Crippen molar-refractivity contribution in [2.24, 2.45) is 0 Å². The number of fused-ring (bicyclic) bond motifs is 7. The van der Waals surface area contributed by atoms with Gasteiger partial charge in [-0.05, 0) is 78.5 Å². The van der Waals surface area contributed by atoms with Crippen molar-refractivity contribution in [2.75, 3.05) is 0 Å². The smallest absolute Gasteiger partial charge is 0.143 e. The van der Waals surface area contributed by atoms with Gasteiger partial charge in [-0.15, -0.1) is 0 Å². The van der Waals surface area contributed by atoms with Gasteiger partial charge >= 0.3 is 0 Å². The lowest BCUT2D eigenvalue weighted by molar-refractivity contribution is 0.673. The Morgan fingerprint density at radius 3 is 1.79 bits per heavy atom. The molecule has 0 unspecified atom stereocenters. The van der Waals surface area contributed by atoms with Crippen LogP contribution in [0.25, 0.3) is 87.6 Å². The van der Waals surface area contributed by atoms with Crippen LogP contribution in [0.15, 0.2) is 162 Å². The third-order valence-electron chi connectivity index (χ3n) is 8.29. The zero-order valence-corrected chi connectivity index (χ0v) is 22.8. The van der Waals surface area contributed by atoms with Gasteiger partial charge in [0.2, 0.25) is 0 Å². The molecule has 0 fully saturated rings. The predicted molar refractivity (Wildman–Crippen MR) is 183 cm³/mol. The van der Waals surface area contributed by atoms with Gasteiger partial charge < -0.3 is 4.42 Å². The van der Waals surface area contributed by atoms with E-state index in [2.05, 4.69) is 12.1 Å². The monoisotopic (exact) mass is 554 g/mol. The zero-order valence-electron chi connectivity index (χ0n) is 30.8. The minimum absolute atomic E-state index is 0.188. The fraction of sp³-hybridized carbons (Fsp3) is 0. The van der Waals surface area contributed by atoms with Gasteiger partial charge in [-0.1, -0.05) is 139 Å². The van der Waals surface area contributed by atoms with Crippen molar-refractivity contribution in [2.45, 2.75) is 0 Å². The summed E-state index contributed by atoms with van der Waals surface area (Å²) in [7, 11) is 0. The van der Waals surface area contributed by atoms with E-state index >= 15 is 0 Å². The average molecular weight is 555 g/mol. The molecule has 0 spiro atoms. The van der Waals surface area contributed by atoms with Crippen LogP contribution in [0.3, 0.4) is 0 Å². The summed E-state index contributed by atoms with van der Waals surface area (Å²) in [5, 5.41) is 4.72. The Morgan fingerprint density at radius 2 is 1.05 bits per heavy atom. The molecule has 1 heteroatoms. The molecule has 43 heavy (non-hydrogen) atoms. The molecule has 1 heterocycles. The van der Waals surface area contributed by atoms with Crippen LogP contribution in [0.1, 0.15) is 11.0 Å². The molecule has 0 saturated carbocycles. The molecule has 0 atom stereocenters. The summed E-state index contributed by atoms with van der Waals surface area (Å²) in [6.45, 7) is 0. The van der Waals surface area contributed by atoms with Gasteiger partial charge in [-0.3, -0.25) is 0 Å². The first-order chi connectivity index (χ1) is 24.7. The van der Waals surface area contributed by atoms with E-state index in [-0.39, 0.29) is 45.7 Å². The molecule has 0 aliphatic heterocycles. The summed E-state index contributed by atoms with van der Waals surface area (Å²) in [6, 6.07) is 31.8. The third-order valence-corrected chi connectivity index (χ3v) is 8.29. The van der Waals surface area contributed by atoms with Crippen molar-refractivity contribution < 1.29 is 15.4 Å². The Balaban J connectivity index is 1.44. The Hall–Kier alpha value is -5.66. The number of benzene rings is 8. The van der Waals surface area contributed by atoms with Crippen molar-refractivity contribution in [1.29, 1.82) is 0 Å². The van der Waals surface area contributed by atoms with Gasteiger partial charge in [0, 0.05) is 16.2 Å². The van der Waals surface area contributed by atoms with Crippen LogP contribution in [0.5, 0.6) is 0 Å². The first kappa shape index (κ1) is 17.3. The maximum absolute atomic E-state index is 9.24. The van der Waals surface area contributed by atoms with E-state index in [0.29, 0.717) is 22.3 Å². The van der Waals surface area contributed by atoms with E-state index in [1.165, 1.54) is 0 Å². The topological polar surface area (TPSA) is 13.1 Å². The summed E-state index contributed by atoms with van der Waals surface area (Å²) in [5.74, 6) is 0. The van der Waals surface area contributed by atoms with Gasteiger partial charge in [0.15, 0.2) is 0 Å². The lowest BCUT2D eigenvalue weighted by Crippen LogP contribution is -1.91. The van der Waals surface area contributed by atoms with E-state index in [9.17, 15) is 2.74 Å². The lowest BCUT2D eigenvalue weighted by atomic mass is 9.85. The molecule has 200 valence electrons. The van der Waals surface area contributed by atoms with Gasteiger partial charge in [-0.2, -0.15) is 0 Å². The third kappa shape index (κ3) is 3.65. The van der Waals surface area contributed by atoms with E-state index < -0.39 is 24.2 Å². The van der Waals surface area contributed by atoms with E-state index in [1.54, 1.807) is 24.3 Å². The Labute approximate surface area is 260 Å². The van der Waals surface area contributed by atoms with E-state index in [1.807, 2.05) is 72.8 Å². The molecule has 0 amide bonds. The molecule has 0 bridgehead atoms. The average Bonchev–Trinajstić information content (AvgIpc) is 3.56. The molecule has 8 aromatic carbocycles. The van der Waals surface area contributed by atoms with Crippen LogP contribution in [-0.2, 0) is 0 Å². The van der Waals surface area contributed by atoms with Crippen molar-refractivity contribution in [3.63, 3.8) is 0 Å².